The van der Waals surface area contributed by atoms with Gasteiger partial charge >= 0.3 is 0 Å². The molecule has 0 saturated carbocycles. The smallest absolute Gasteiger partial charge is 0.255 e. The van der Waals surface area contributed by atoms with E-state index in [1.165, 1.54) is 6.08 Å². The third kappa shape index (κ3) is 6.55. The molecule has 2 aromatic carbocycles. The van der Waals surface area contributed by atoms with Crippen LogP contribution in [0.1, 0.15) is 20.8 Å². The van der Waals surface area contributed by atoms with Gasteiger partial charge in [-0.25, -0.2) is 13.1 Å². The molecule has 0 aliphatic heterocycles. The minimum absolute atomic E-state index is 0.140. The molecule has 0 bridgehead atoms. The van der Waals surface area contributed by atoms with Crippen molar-refractivity contribution in [3.8, 4) is 5.75 Å². The molecule has 1 amide bonds. The zero-order valence-corrected chi connectivity index (χ0v) is 17.8. The van der Waals surface area contributed by atoms with Crippen LogP contribution in [-0.4, -0.2) is 20.9 Å². The molecule has 0 aliphatic rings. The number of sulfonamides is 1. The van der Waals surface area contributed by atoms with Gasteiger partial charge in [0.2, 0.25) is 10.0 Å². The van der Waals surface area contributed by atoms with E-state index in [1.54, 1.807) is 59.9 Å². The summed E-state index contributed by atoms with van der Waals surface area (Å²) in [6.45, 7) is 4.13. The average Bonchev–Trinajstić information content (AvgIpc) is 3.26. The van der Waals surface area contributed by atoms with Crippen molar-refractivity contribution in [2.24, 2.45) is 0 Å². The van der Waals surface area contributed by atoms with E-state index in [0.717, 1.165) is 4.88 Å². The van der Waals surface area contributed by atoms with Gasteiger partial charge in [-0.1, -0.05) is 30.3 Å². The Bertz CT molecular complexity index is 1090. The number of rotatable bonds is 10. The standard InChI is InChI=1S/C22H22N2O4S2/c1-2-12-23-30(26,27)16-17-8-10-19(11-9-17)24-22(25)18-5-3-6-20(14-18)28-15-21-7-4-13-29-21/h2-11,13-14,23H,1,12,15-16H2,(H,24,25). The van der Waals surface area contributed by atoms with Crippen LogP contribution >= 0.6 is 11.3 Å². The lowest BCUT2D eigenvalue weighted by atomic mass is 10.2. The summed E-state index contributed by atoms with van der Waals surface area (Å²) >= 11 is 1.61. The second-order valence-electron chi connectivity index (χ2n) is 6.44. The number of anilines is 1. The quantitative estimate of drug-likeness (QED) is 0.461. The van der Waals surface area contributed by atoms with Crippen LogP contribution in [0.3, 0.4) is 0 Å². The molecule has 0 radical (unpaired) electrons. The van der Waals surface area contributed by atoms with Gasteiger partial charge in [-0.2, -0.15) is 0 Å². The van der Waals surface area contributed by atoms with Crippen molar-refractivity contribution in [3.63, 3.8) is 0 Å². The number of benzene rings is 2. The van der Waals surface area contributed by atoms with E-state index < -0.39 is 10.0 Å². The number of hydrogen-bond donors (Lipinski definition) is 2. The molecule has 6 nitrogen and oxygen atoms in total. The van der Waals surface area contributed by atoms with Gasteiger partial charge in [0.15, 0.2) is 0 Å². The van der Waals surface area contributed by atoms with Gasteiger partial charge in [-0.05, 0) is 47.3 Å². The first kappa shape index (κ1) is 21.8. The van der Waals surface area contributed by atoms with E-state index in [2.05, 4.69) is 16.6 Å². The van der Waals surface area contributed by atoms with Crippen molar-refractivity contribution in [2.75, 3.05) is 11.9 Å². The van der Waals surface area contributed by atoms with Crippen LogP contribution in [-0.2, 0) is 22.4 Å². The fourth-order valence-corrected chi connectivity index (χ4v) is 4.34. The SMILES string of the molecule is C=CCNS(=O)(=O)Cc1ccc(NC(=O)c2cccc(OCc3cccs3)c2)cc1. The zero-order chi connectivity index (χ0) is 21.4. The predicted octanol–water partition coefficient (Wildman–Crippen LogP) is 4.18. The summed E-state index contributed by atoms with van der Waals surface area (Å²) in [7, 11) is -3.42. The molecule has 1 aromatic heterocycles. The Morgan fingerprint density at radius 2 is 1.90 bits per heavy atom. The number of ether oxygens (including phenoxy) is 1. The molecule has 0 atom stereocenters. The molecule has 156 valence electrons. The van der Waals surface area contributed by atoms with E-state index in [-0.39, 0.29) is 18.2 Å². The highest BCUT2D eigenvalue weighted by Crippen LogP contribution is 2.19. The van der Waals surface area contributed by atoms with Crippen LogP contribution in [0.25, 0.3) is 0 Å². The molecule has 8 heteroatoms. The molecule has 2 N–H and O–H groups in total. The maximum atomic E-state index is 12.6. The zero-order valence-electron chi connectivity index (χ0n) is 16.2. The highest BCUT2D eigenvalue weighted by Gasteiger charge is 2.11. The number of amides is 1. The molecule has 0 fully saturated rings. The third-order valence-electron chi connectivity index (χ3n) is 4.07. The molecule has 0 aliphatic carbocycles. The lowest BCUT2D eigenvalue weighted by molar-refractivity contribution is 0.102. The number of thiophene rings is 1. The van der Waals surface area contributed by atoms with Crippen LogP contribution in [0.5, 0.6) is 5.75 Å². The monoisotopic (exact) mass is 442 g/mol. The van der Waals surface area contributed by atoms with E-state index >= 15 is 0 Å². The molecule has 30 heavy (non-hydrogen) atoms. The van der Waals surface area contributed by atoms with Gasteiger partial charge in [0, 0.05) is 22.7 Å². The molecular formula is C22H22N2O4S2. The molecule has 0 spiro atoms. The Hall–Kier alpha value is -2.94. The van der Waals surface area contributed by atoms with Crippen LogP contribution < -0.4 is 14.8 Å². The summed E-state index contributed by atoms with van der Waals surface area (Å²) < 4.78 is 32.0. The second-order valence-corrected chi connectivity index (χ2v) is 9.28. The second kappa shape index (κ2) is 10.2. The maximum absolute atomic E-state index is 12.6. The summed E-state index contributed by atoms with van der Waals surface area (Å²) in [4.78, 5) is 13.7. The Labute approximate surface area is 180 Å². The van der Waals surface area contributed by atoms with Crippen LogP contribution in [0.2, 0.25) is 0 Å². The van der Waals surface area contributed by atoms with Crippen LogP contribution in [0.15, 0.2) is 78.7 Å². The van der Waals surface area contributed by atoms with Gasteiger partial charge in [-0.15, -0.1) is 17.9 Å². The minimum atomic E-state index is -3.42. The largest absolute Gasteiger partial charge is 0.488 e. The summed E-state index contributed by atoms with van der Waals surface area (Å²) in [5.74, 6) is 0.201. The molecule has 3 aromatic rings. The first-order valence-corrected chi connectivity index (χ1v) is 11.7. The summed E-state index contributed by atoms with van der Waals surface area (Å²) in [6, 6.07) is 17.6. The fourth-order valence-electron chi connectivity index (χ4n) is 2.62. The van der Waals surface area contributed by atoms with Crippen molar-refractivity contribution in [1.82, 2.24) is 4.72 Å². The van der Waals surface area contributed by atoms with Crippen molar-refractivity contribution >= 4 is 33.0 Å². The Balaban J connectivity index is 1.59. The number of carbonyl (C=O) groups excluding carboxylic acids is 1. The Kier molecular flexibility index (Phi) is 7.40. The van der Waals surface area contributed by atoms with Crippen molar-refractivity contribution in [1.29, 1.82) is 0 Å². The van der Waals surface area contributed by atoms with Gasteiger partial charge in [0.05, 0.1) is 5.75 Å². The Morgan fingerprint density at radius 3 is 2.60 bits per heavy atom. The molecule has 0 unspecified atom stereocenters. The van der Waals surface area contributed by atoms with E-state index in [4.69, 9.17) is 4.74 Å². The highest BCUT2D eigenvalue weighted by molar-refractivity contribution is 7.88. The molecule has 3 rings (SSSR count). The third-order valence-corrected chi connectivity index (χ3v) is 6.24. The van der Waals surface area contributed by atoms with E-state index in [9.17, 15) is 13.2 Å². The molecule has 0 saturated heterocycles. The first-order valence-electron chi connectivity index (χ1n) is 9.19. The number of carbonyl (C=O) groups is 1. The van der Waals surface area contributed by atoms with Gasteiger partial charge in [0.25, 0.3) is 5.91 Å². The maximum Gasteiger partial charge on any atom is 0.255 e. The van der Waals surface area contributed by atoms with E-state index in [1.807, 2.05) is 17.5 Å². The molecule has 1 heterocycles. The van der Waals surface area contributed by atoms with Gasteiger partial charge in [-0.3, -0.25) is 4.79 Å². The lowest BCUT2D eigenvalue weighted by Crippen LogP contribution is -2.25. The lowest BCUT2D eigenvalue weighted by Gasteiger charge is -2.09. The van der Waals surface area contributed by atoms with Crippen molar-refractivity contribution in [2.45, 2.75) is 12.4 Å². The summed E-state index contributed by atoms with van der Waals surface area (Å²) in [6.07, 6.45) is 1.48. The van der Waals surface area contributed by atoms with Crippen molar-refractivity contribution in [3.05, 3.63) is 94.7 Å². The number of hydrogen-bond acceptors (Lipinski definition) is 5. The van der Waals surface area contributed by atoms with E-state index in [0.29, 0.717) is 29.2 Å². The fraction of sp³-hybridized carbons (Fsp3) is 0.136. The minimum Gasteiger partial charge on any atom is -0.488 e. The van der Waals surface area contributed by atoms with Crippen LogP contribution in [0, 0.1) is 0 Å². The first-order chi connectivity index (χ1) is 14.4. The van der Waals surface area contributed by atoms with Gasteiger partial charge in [0.1, 0.15) is 12.4 Å². The Morgan fingerprint density at radius 1 is 1.10 bits per heavy atom. The highest BCUT2D eigenvalue weighted by atomic mass is 32.2. The number of nitrogens with one attached hydrogen (secondary N) is 2. The topological polar surface area (TPSA) is 84.5 Å². The normalized spacial score (nSPS) is 11.1. The van der Waals surface area contributed by atoms with Crippen molar-refractivity contribution < 1.29 is 17.9 Å². The summed E-state index contributed by atoms with van der Waals surface area (Å²) in [5, 5.41) is 4.80. The summed E-state index contributed by atoms with van der Waals surface area (Å²) in [5.41, 5.74) is 1.66. The van der Waals surface area contributed by atoms with Crippen LogP contribution in [0.4, 0.5) is 5.69 Å². The predicted molar refractivity (Wildman–Crippen MR) is 120 cm³/mol. The molecular weight excluding hydrogens is 420 g/mol. The van der Waals surface area contributed by atoms with Gasteiger partial charge < -0.3 is 10.1 Å². The average molecular weight is 443 g/mol.